The van der Waals surface area contributed by atoms with Crippen molar-refractivity contribution in [2.24, 2.45) is 11.3 Å². The highest BCUT2D eigenvalue weighted by atomic mass is 32.2. The molecule has 0 spiro atoms. The SMILES string of the molecule is CNC(=O)[C@]12CCOC[C@H]1CN(S(=O)(=O)c1ccncc1)C2. The number of carbonyl (C=O) groups excluding carboxylic acids is 1. The number of hydrogen-bond acceptors (Lipinski definition) is 5. The smallest absolute Gasteiger partial charge is 0.243 e. The largest absolute Gasteiger partial charge is 0.381 e. The minimum absolute atomic E-state index is 0.103. The number of ether oxygens (including phenoxy) is 1. The molecule has 1 aromatic rings. The maximum atomic E-state index is 12.8. The third kappa shape index (κ3) is 2.31. The molecular formula is C14H19N3O4S. The van der Waals surface area contributed by atoms with Crippen LogP contribution in [0.3, 0.4) is 0 Å². The van der Waals surface area contributed by atoms with E-state index in [1.165, 1.54) is 28.8 Å². The van der Waals surface area contributed by atoms with E-state index in [1.54, 1.807) is 7.05 Å². The van der Waals surface area contributed by atoms with Gasteiger partial charge < -0.3 is 10.1 Å². The van der Waals surface area contributed by atoms with E-state index in [-0.39, 0.29) is 23.3 Å². The summed E-state index contributed by atoms with van der Waals surface area (Å²) < 4.78 is 32.4. The first-order chi connectivity index (χ1) is 10.5. The van der Waals surface area contributed by atoms with E-state index in [9.17, 15) is 13.2 Å². The number of sulfonamides is 1. The number of fused-ring (bicyclic) bond motifs is 1. The van der Waals surface area contributed by atoms with Crippen molar-refractivity contribution in [2.75, 3.05) is 33.4 Å². The van der Waals surface area contributed by atoms with Gasteiger partial charge in [-0.25, -0.2) is 8.42 Å². The number of amides is 1. The third-order valence-corrected chi connectivity index (χ3v) is 6.47. The van der Waals surface area contributed by atoms with Crippen LogP contribution < -0.4 is 5.32 Å². The maximum absolute atomic E-state index is 12.8. The molecule has 3 heterocycles. The second-order valence-electron chi connectivity index (χ2n) is 5.74. The van der Waals surface area contributed by atoms with Crippen molar-refractivity contribution in [2.45, 2.75) is 11.3 Å². The van der Waals surface area contributed by atoms with E-state index >= 15 is 0 Å². The maximum Gasteiger partial charge on any atom is 0.243 e. The Kier molecular flexibility index (Phi) is 3.92. The number of carbonyl (C=O) groups is 1. The molecule has 1 aromatic heterocycles. The van der Waals surface area contributed by atoms with Gasteiger partial charge in [-0.2, -0.15) is 4.31 Å². The highest BCUT2D eigenvalue weighted by Gasteiger charge is 2.55. The van der Waals surface area contributed by atoms with Crippen molar-refractivity contribution in [1.82, 2.24) is 14.6 Å². The van der Waals surface area contributed by atoms with Gasteiger partial charge in [0.1, 0.15) is 0 Å². The standard InChI is InChI=1S/C14H19N3O4S/c1-15-13(18)14-4-7-21-9-11(14)8-17(10-14)22(19,20)12-2-5-16-6-3-12/h2-3,5-6,11H,4,7-10H2,1H3,(H,15,18)/t11-,14+/m1/s1. The monoisotopic (exact) mass is 325 g/mol. The van der Waals surface area contributed by atoms with E-state index < -0.39 is 15.4 Å². The van der Waals surface area contributed by atoms with Crippen LogP contribution in [-0.2, 0) is 19.6 Å². The van der Waals surface area contributed by atoms with Gasteiger partial charge in [0, 0.05) is 45.1 Å². The number of nitrogens with zero attached hydrogens (tertiary/aromatic N) is 2. The van der Waals surface area contributed by atoms with Crippen LogP contribution in [0.2, 0.25) is 0 Å². The molecule has 0 aliphatic carbocycles. The molecule has 2 fully saturated rings. The van der Waals surface area contributed by atoms with Crippen LogP contribution in [0.4, 0.5) is 0 Å². The van der Waals surface area contributed by atoms with Crippen LogP contribution in [0.1, 0.15) is 6.42 Å². The summed E-state index contributed by atoms with van der Waals surface area (Å²) in [6.07, 6.45) is 3.45. The lowest BCUT2D eigenvalue weighted by molar-refractivity contribution is -0.138. The predicted octanol–water partition coefficient (Wildman–Crippen LogP) is -0.145. The zero-order valence-corrected chi connectivity index (χ0v) is 13.2. The number of aromatic nitrogens is 1. The Morgan fingerprint density at radius 3 is 2.86 bits per heavy atom. The summed E-state index contributed by atoms with van der Waals surface area (Å²) >= 11 is 0. The lowest BCUT2D eigenvalue weighted by atomic mass is 9.73. The van der Waals surface area contributed by atoms with Crippen molar-refractivity contribution in [3.05, 3.63) is 24.5 Å². The van der Waals surface area contributed by atoms with Crippen LogP contribution in [0, 0.1) is 11.3 Å². The minimum Gasteiger partial charge on any atom is -0.381 e. The Morgan fingerprint density at radius 2 is 2.18 bits per heavy atom. The van der Waals surface area contributed by atoms with Crippen LogP contribution in [0.25, 0.3) is 0 Å². The Hall–Kier alpha value is -1.51. The lowest BCUT2D eigenvalue weighted by Crippen LogP contribution is -2.49. The molecule has 2 atom stereocenters. The molecule has 0 aromatic carbocycles. The van der Waals surface area contributed by atoms with Crippen molar-refractivity contribution in [3.63, 3.8) is 0 Å². The topological polar surface area (TPSA) is 88.6 Å². The van der Waals surface area contributed by atoms with Crippen LogP contribution >= 0.6 is 0 Å². The zero-order chi connectivity index (χ0) is 15.8. The average molecular weight is 325 g/mol. The summed E-state index contributed by atoms with van der Waals surface area (Å²) in [7, 11) is -2.03. The van der Waals surface area contributed by atoms with Gasteiger partial charge in [0.25, 0.3) is 0 Å². The first-order valence-corrected chi connectivity index (χ1v) is 8.65. The van der Waals surface area contributed by atoms with E-state index in [0.29, 0.717) is 26.2 Å². The molecule has 120 valence electrons. The van der Waals surface area contributed by atoms with Crippen LogP contribution in [0.15, 0.2) is 29.4 Å². The number of hydrogen-bond donors (Lipinski definition) is 1. The molecule has 2 aliphatic heterocycles. The summed E-state index contributed by atoms with van der Waals surface area (Å²) in [5, 5.41) is 2.68. The van der Waals surface area contributed by atoms with Crippen molar-refractivity contribution in [3.8, 4) is 0 Å². The van der Waals surface area contributed by atoms with Gasteiger partial charge in [-0.1, -0.05) is 0 Å². The predicted molar refractivity (Wildman–Crippen MR) is 78.4 cm³/mol. The van der Waals surface area contributed by atoms with Gasteiger partial charge in [0.2, 0.25) is 15.9 Å². The van der Waals surface area contributed by atoms with Gasteiger partial charge in [-0.05, 0) is 18.6 Å². The Morgan fingerprint density at radius 1 is 1.45 bits per heavy atom. The number of nitrogens with one attached hydrogen (secondary N) is 1. The second-order valence-corrected chi connectivity index (χ2v) is 7.68. The van der Waals surface area contributed by atoms with E-state index in [2.05, 4.69) is 10.3 Å². The van der Waals surface area contributed by atoms with Gasteiger partial charge in [0.15, 0.2) is 0 Å². The molecule has 0 saturated carbocycles. The zero-order valence-electron chi connectivity index (χ0n) is 12.4. The highest BCUT2D eigenvalue weighted by Crippen LogP contribution is 2.44. The molecular weight excluding hydrogens is 306 g/mol. The van der Waals surface area contributed by atoms with Crippen molar-refractivity contribution < 1.29 is 17.9 Å². The molecule has 0 unspecified atom stereocenters. The summed E-state index contributed by atoms with van der Waals surface area (Å²) in [6, 6.07) is 2.95. The summed E-state index contributed by atoms with van der Waals surface area (Å²) in [4.78, 5) is 16.4. The molecule has 2 aliphatic rings. The Balaban J connectivity index is 1.94. The fourth-order valence-electron chi connectivity index (χ4n) is 3.37. The molecule has 3 rings (SSSR count). The van der Waals surface area contributed by atoms with Gasteiger partial charge in [0.05, 0.1) is 16.9 Å². The first-order valence-electron chi connectivity index (χ1n) is 7.21. The summed E-state index contributed by atoms with van der Waals surface area (Å²) in [6.45, 7) is 1.40. The average Bonchev–Trinajstić information content (AvgIpc) is 2.96. The van der Waals surface area contributed by atoms with Crippen LogP contribution in [0.5, 0.6) is 0 Å². The summed E-state index contributed by atoms with van der Waals surface area (Å²) in [5.74, 6) is -0.217. The lowest BCUT2D eigenvalue weighted by Gasteiger charge is -2.36. The fourth-order valence-corrected chi connectivity index (χ4v) is 4.91. The van der Waals surface area contributed by atoms with Crippen molar-refractivity contribution >= 4 is 15.9 Å². The quantitative estimate of drug-likeness (QED) is 0.835. The van der Waals surface area contributed by atoms with Crippen molar-refractivity contribution in [1.29, 1.82) is 0 Å². The molecule has 2 saturated heterocycles. The van der Waals surface area contributed by atoms with E-state index in [4.69, 9.17) is 4.74 Å². The molecule has 22 heavy (non-hydrogen) atoms. The molecule has 1 amide bonds. The molecule has 0 bridgehead atoms. The molecule has 8 heteroatoms. The van der Waals surface area contributed by atoms with E-state index in [0.717, 1.165) is 0 Å². The normalized spacial score (nSPS) is 29.0. The minimum atomic E-state index is -3.62. The van der Waals surface area contributed by atoms with Gasteiger partial charge in [-0.3, -0.25) is 9.78 Å². The van der Waals surface area contributed by atoms with Gasteiger partial charge >= 0.3 is 0 Å². The Bertz CT molecular complexity index is 664. The molecule has 1 N–H and O–H groups in total. The summed E-state index contributed by atoms with van der Waals surface area (Å²) in [5.41, 5.74) is -0.687. The highest BCUT2D eigenvalue weighted by molar-refractivity contribution is 7.89. The number of rotatable bonds is 3. The van der Waals surface area contributed by atoms with Gasteiger partial charge in [-0.15, -0.1) is 0 Å². The second kappa shape index (κ2) is 5.60. The fraction of sp³-hybridized carbons (Fsp3) is 0.571. The molecule has 0 radical (unpaired) electrons. The molecule has 7 nitrogen and oxygen atoms in total. The Labute approximate surface area is 129 Å². The van der Waals surface area contributed by atoms with E-state index in [1.807, 2.05) is 0 Å². The van der Waals surface area contributed by atoms with Crippen LogP contribution in [-0.4, -0.2) is 57.0 Å². The number of pyridine rings is 1. The third-order valence-electron chi connectivity index (χ3n) is 4.64. The first kappa shape index (κ1) is 15.4.